The molecule has 12 nitrogen and oxygen atoms in total. The molecular weight excluding hydrogens is 610 g/mol. The molecular formula is C36H47N7O5. The zero-order chi connectivity index (χ0) is 34.0. The van der Waals surface area contributed by atoms with Gasteiger partial charge in [0.05, 0.1) is 0 Å². The quantitative estimate of drug-likeness (QED) is 0.234. The van der Waals surface area contributed by atoms with Crippen molar-refractivity contribution in [3.8, 4) is 5.75 Å². The fraction of sp³-hybridized carbons (Fsp3) is 0.472. The van der Waals surface area contributed by atoms with E-state index in [4.69, 9.17) is 0 Å². The van der Waals surface area contributed by atoms with E-state index in [0.29, 0.717) is 50.5 Å². The molecule has 0 bridgehead atoms. The van der Waals surface area contributed by atoms with E-state index in [9.17, 15) is 24.3 Å². The summed E-state index contributed by atoms with van der Waals surface area (Å²) in [5.74, 6) is -0.638. The summed E-state index contributed by atoms with van der Waals surface area (Å²) in [6.07, 6.45) is 7.04. The number of hydrogen-bond acceptors (Lipinski definition) is 7. The van der Waals surface area contributed by atoms with E-state index >= 15 is 0 Å². The van der Waals surface area contributed by atoms with Crippen LogP contribution in [0.5, 0.6) is 5.75 Å². The Morgan fingerprint density at radius 3 is 2.29 bits per heavy atom. The van der Waals surface area contributed by atoms with Gasteiger partial charge in [0, 0.05) is 64.5 Å². The summed E-state index contributed by atoms with van der Waals surface area (Å²) in [7, 11) is 1.69. The molecule has 1 aliphatic heterocycles. The molecule has 256 valence electrons. The first kappa shape index (κ1) is 34.6. The Labute approximate surface area is 281 Å². The van der Waals surface area contributed by atoms with Gasteiger partial charge in [-0.2, -0.15) is 5.10 Å². The SMILES string of the molecule is CCC(=O)NC(Cc1ccc(NC(=O)C(NC(=O)c2ccnn2C)C2CCCCC2)cc1)C(=O)N1CCN(Cc2cccc(O)c2)CC1. The number of piperazine rings is 1. The molecule has 2 atom stereocenters. The van der Waals surface area contributed by atoms with Crippen molar-refractivity contribution in [1.29, 1.82) is 0 Å². The number of nitrogens with one attached hydrogen (secondary N) is 3. The van der Waals surface area contributed by atoms with Crippen LogP contribution >= 0.6 is 0 Å². The highest BCUT2D eigenvalue weighted by Crippen LogP contribution is 2.28. The Balaban J connectivity index is 1.20. The number of benzene rings is 2. The Bertz CT molecular complexity index is 1560. The van der Waals surface area contributed by atoms with Crippen LogP contribution in [0.15, 0.2) is 60.8 Å². The van der Waals surface area contributed by atoms with Gasteiger partial charge in [-0.25, -0.2) is 0 Å². The third kappa shape index (κ3) is 9.21. The Kier molecular flexibility index (Phi) is 11.8. The molecule has 5 rings (SSSR count). The average Bonchev–Trinajstić information content (AvgIpc) is 3.53. The molecule has 4 N–H and O–H groups in total. The molecule has 12 heteroatoms. The topological polar surface area (TPSA) is 149 Å². The van der Waals surface area contributed by atoms with E-state index in [1.54, 1.807) is 55.4 Å². The molecule has 2 unspecified atom stereocenters. The van der Waals surface area contributed by atoms with Crippen molar-refractivity contribution in [2.24, 2.45) is 13.0 Å². The van der Waals surface area contributed by atoms with Crippen LogP contribution in [0.1, 0.15) is 67.1 Å². The van der Waals surface area contributed by atoms with Gasteiger partial charge in [-0.3, -0.25) is 28.8 Å². The first-order valence-corrected chi connectivity index (χ1v) is 17.0. The molecule has 1 aliphatic carbocycles. The van der Waals surface area contributed by atoms with Crippen molar-refractivity contribution in [2.45, 2.75) is 70.5 Å². The fourth-order valence-electron chi connectivity index (χ4n) is 6.61. The van der Waals surface area contributed by atoms with Crippen LogP contribution < -0.4 is 16.0 Å². The minimum atomic E-state index is -0.714. The van der Waals surface area contributed by atoms with Crippen molar-refractivity contribution >= 4 is 29.3 Å². The second-order valence-corrected chi connectivity index (χ2v) is 12.8. The maximum atomic E-state index is 13.7. The van der Waals surface area contributed by atoms with Gasteiger partial charge in [0.2, 0.25) is 17.7 Å². The number of amides is 4. The number of aromatic nitrogens is 2. The molecule has 2 aromatic carbocycles. The Hall–Kier alpha value is -4.71. The lowest BCUT2D eigenvalue weighted by atomic mass is 9.83. The Morgan fingerprint density at radius 1 is 0.917 bits per heavy atom. The van der Waals surface area contributed by atoms with Crippen molar-refractivity contribution < 1.29 is 24.3 Å². The van der Waals surface area contributed by atoms with E-state index in [1.165, 1.54) is 4.68 Å². The van der Waals surface area contributed by atoms with Gasteiger partial charge in [0.25, 0.3) is 5.91 Å². The largest absolute Gasteiger partial charge is 0.508 e. The van der Waals surface area contributed by atoms with Gasteiger partial charge in [0.15, 0.2) is 0 Å². The molecule has 2 heterocycles. The molecule has 2 fully saturated rings. The lowest BCUT2D eigenvalue weighted by molar-refractivity contribution is -0.138. The summed E-state index contributed by atoms with van der Waals surface area (Å²) in [5, 5.41) is 22.7. The summed E-state index contributed by atoms with van der Waals surface area (Å²) in [6.45, 7) is 4.91. The first-order valence-electron chi connectivity index (χ1n) is 17.0. The van der Waals surface area contributed by atoms with Crippen molar-refractivity contribution in [2.75, 3.05) is 31.5 Å². The third-order valence-electron chi connectivity index (χ3n) is 9.36. The smallest absolute Gasteiger partial charge is 0.270 e. The first-order chi connectivity index (χ1) is 23.2. The number of rotatable bonds is 12. The van der Waals surface area contributed by atoms with Gasteiger partial charge < -0.3 is 26.0 Å². The van der Waals surface area contributed by atoms with E-state index in [0.717, 1.165) is 43.2 Å². The minimum absolute atomic E-state index is 0.0396. The van der Waals surface area contributed by atoms with Gasteiger partial charge in [0.1, 0.15) is 23.5 Å². The lowest BCUT2D eigenvalue weighted by Crippen LogP contribution is -2.55. The zero-order valence-electron chi connectivity index (χ0n) is 27.9. The molecule has 1 saturated carbocycles. The summed E-state index contributed by atoms with van der Waals surface area (Å²) in [4.78, 5) is 56.7. The standard InChI is InChI=1S/C36H47N7O5/c1-3-32(45)39-30(36(48)43-20-18-42(19-21-43)24-26-8-7-11-29(44)22-26)23-25-12-14-28(15-13-25)38-35(47)33(27-9-5-4-6-10-27)40-34(46)31-16-17-37-41(31)2/h7-8,11-17,22,27,30,33,44H,3-6,9-10,18-21,23-24H2,1-2H3,(H,38,47)(H,39,45)(H,40,46). The fourth-order valence-corrected chi connectivity index (χ4v) is 6.61. The van der Waals surface area contributed by atoms with Crippen LogP contribution in [0.3, 0.4) is 0 Å². The summed E-state index contributed by atoms with van der Waals surface area (Å²) in [5.41, 5.74) is 2.84. The summed E-state index contributed by atoms with van der Waals surface area (Å²) in [6, 6.07) is 14.7. The number of phenols is 1. The number of carbonyl (C=O) groups is 4. The van der Waals surface area contributed by atoms with Crippen LogP contribution in [-0.2, 0) is 34.4 Å². The van der Waals surface area contributed by atoms with Crippen LogP contribution in [-0.4, -0.2) is 86.6 Å². The van der Waals surface area contributed by atoms with E-state index in [1.807, 2.05) is 24.3 Å². The normalized spacial score (nSPS) is 16.9. The highest BCUT2D eigenvalue weighted by atomic mass is 16.3. The molecule has 1 saturated heterocycles. The molecule has 3 aromatic rings. The van der Waals surface area contributed by atoms with Crippen LogP contribution in [0.2, 0.25) is 0 Å². The van der Waals surface area contributed by atoms with E-state index in [2.05, 4.69) is 25.9 Å². The molecule has 48 heavy (non-hydrogen) atoms. The predicted molar refractivity (Wildman–Crippen MR) is 182 cm³/mol. The predicted octanol–water partition coefficient (Wildman–Crippen LogP) is 3.22. The maximum Gasteiger partial charge on any atom is 0.270 e. The van der Waals surface area contributed by atoms with Gasteiger partial charge in [-0.1, -0.05) is 50.5 Å². The van der Waals surface area contributed by atoms with Gasteiger partial charge in [-0.05, 0) is 60.2 Å². The molecule has 0 radical (unpaired) electrons. The van der Waals surface area contributed by atoms with Crippen molar-refractivity contribution in [1.82, 2.24) is 30.2 Å². The van der Waals surface area contributed by atoms with Crippen LogP contribution in [0.4, 0.5) is 5.69 Å². The molecule has 0 spiro atoms. The second-order valence-electron chi connectivity index (χ2n) is 12.8. The minimum Gasteiger partial charge on any atom is -0.508 e. The highest BCUT2D eigenvalue weighted by Gasteiger charge is 2.32. The lowest BCUT2D eigenvalue weighted by Gasteiger charge is -2.36. The number of phenolic OH excluding ortho intramolecular Hbond substituents is 1. The number of carbonyl (C=O) groups excluding carboxylic acids is 4. The zero-order valence-corrected chi connectivity index (χ0v) is 27.9. The number of anilines is 1. The number of aromatic hydroxyl groups is 1. The number of nitrogens with zero attached hydrogens (tertiary/aromatic N) is 4. The average molecular weight is 658 g/mol. The Morgan fingerprint density at radius 2 is 1.65 bits per heavy atom. The number of hydrogen-bond donors (Lipinski definition) is 4. The summed E-state index contributed by atoms with van der Waals surface area (Å²) >= 11 is 0. The van der Waals surface area contributed by atoms with Crippen molar-refractivity contribution in [3.63, 3.8) is 0 Å². The second kappa shape index (κ2) is 16.4. The molecule has 1 aromatic heterocycles. The van der Waals surface area contributed by atoms with E-state index < -0.39 is 12.1 Å². The van der Waals surface area contributed by atoms with Gasteiger partial charge >= 0.3 is 0 Å². The van der Waals surface area contributed by atoms with E-state index in [-0.39, 0.29) is 41.7 Å². The van der Waals surface area contributed by atoms with Crippen LogP contribution in [0, 0.1) is 5.92 Å². The summed E-state index contributed by atoms with van der Waals surface area (Å²) < 4.78 is 1.49. The van der Waals surface area contributed by atoms with Crippen molar-refractivity contribution in [3.05, 3.63) is 77.6 Å². The van der Waals surface area contributed by atoms with Crippen LogP contribution in [0.25, 0.3) is 0 Å². The monoisotopic (exact) mass is 657 g/mol. The third-order valence-corrected chi connectivity index (χ3v) is 9.36. The maximum absolute atomic E-state index is 13.7. The molecule has 2 aliphatic rings. The van der Waals surface area contributed by atoms with Gasteiger partial charge in [-0.15, -0.1) is 0 Å². The molecule has 4 amide bonds. The highest BCUT2D eigenvalue weighted by molar-refractivity contribution is 6.00. The number of aryl methyl sites for hydroxylation is 1.